The standard InChI is InChI=1S/C25H21F3O2S/c26-25(27,28)20-13-11-19(12-14-20)24(31-16-15-23(29)30)21-7-3-1-5-17(21)9-10-18-6-2-4-8-22(18)24/h1-8,11-14H,9-10,15-16H2,(H,29,30). The van der Waals surface area contributed by atoms with Gasteiger partial charge in [0, 0.05) is 5.75 Å². The van der Waals surface area contributed by atoms with Crippen LogP contribution >= 0.6 is 11.8 Å². The molecule has 0 aliphatic heterocycles. The Hall–Kier alpha value is -2.73. The van der Waals surface area contributed by atoms with Crippen LogP contribution in [0.5, 0.6) is 0 Å². The molecule has 0 heterocycles. The molecule has 0 bridgehead atoms. The van der Waals surface area contributed by atoms with Crippen LogP contribution in [0.15, 0.2) is 72.8 Å². The second-order valence-electron chi connectivity index (χ2n) is 7.56. The second-order valence-corrected chi connectivity index (χ2v) is 8.87. The van der Waals surface area contributed by atoms with Gasteiger partial charge in [-0.3, -0.25) is 4.79 Å². The topological polar surface area (TPSA) is 37.3 Å². The zero-order chi connectivity index (χ0) is 22.1. The minimum Gasteiger partial charge on any atom is -0.481 e. The Morgan fingerprint density at radius 3 is 1.87 bits per heavy atom. The summed E-state index contributed by atoms with van der Waals surface area (Å²) in [7, 11) is 0. The van der Waals surface area contributed by atoms with Gasteiger partial charge in [0.25, 0.3) is 0 Å². The molecule has 0 atom stereocenters. The zero-order valence-corrected chi connectivity index (χ0v) is 17.5. The number of hydrogen-bond donors (Lipinski definition) is 1. The maximum absolute atomic E-state index is 13.2. The summed E-state index contributed by atoms with van der Waals surface area (Å²) in [6.45, 7) is 0. The molecular weight excluding hydrogens is 421 g/mol. The Balaban J connectivity index is 1.97. The maximum Gasteiger partial charge on any atom is 0.416 e. The van der Waals surface area contributed by atoms with Crippen LogP contribution in [-0.4, -0.2) is 16.8 Å². The van der Waals surface area contributed by atoms with Gasteiger partial charge in [0.1, 0.15) is 0 Å². The molecule has 0 unspecified atom stereocenters. The first-order valence-corrected chi connectivity index (χ1v) is 11.0. The molecule has 31 heavy (non-hydrogen) atoms. The molecule has 0 spiro atoms. The minimum atomic E-state index is -4.42. The predicted molar refractivity (Wildman–Crippen MR) is 116 cm³/mol. The highest BCUT2D eigenvalue weighted by Gasteiger charge is 2.42. The molecule has 4 rings (SSSR count). The summed E-state index contributed by atoms with van der Waals surface area (Å²) in [4.78, 5) is 11.3. The monoisotopic (exact) mass is 442 g/mol. The van der Waals surface area contributed by atoms with E-state index >= 15 is 0 Å². The number of carbonyl (C=O) groups is 1. The average molecular weight is 443 g/mol. The van der Waals surface area contributed by atoms with Crippen molar-refractivity contribution in [1.29, 1.82) is 0 Å². The predicted octanol–water partition coefficient (Wildman–Crippen LogP) is 6.30. The van der Waals surface area contributed by atoms with E-state index in [2.05, 4.69) is 12.1 Å². The highest BCUT2D eigenvalue weighted by atomic mass is 32.2. The fourth-order valence-electron chi connectivity index (χ4n) is 4.31. The van der Waals surface area contributed by atoms with Crippen molar-refractivity contribution < 1.29 is 23.1 Å². The van der Waals surface area contributed by atoms with Gasteiger partial charge in [0.15, 0.2) is 0 Å². The lowest BCUT2D eigenvalue weighted by atomic mass is 9.81. The first-order chi connectivity index (χ1) is 14.8. The van der Waals surface area contributed by atoms with Gasteiger partial charge in [-0.2, -0.15) is 13.2 Å². The number of carboxylic acid groups (broad SMARTS) is 1. The molecule has 2 nitrogen and oxygen atoms in total. The quantitative estimate of drug-likeness (QED) is 0.504. The third-order valence-electron chi connectivity index (χ3n) is 5.71. The Morgan fingerprint density at radius 1 is 0.871 bits per heavy atom. The number of benzene rings is 3. The highest BCUT2D eigenvalue weighted by Crippen LogP contribution is 2.52. The first-order valence-electron chi connectivity index (χ1n) is 10.0. The summed E-state index contributed by atoms with van der Waals surface area (Å²) in [5.74, 6) is -0.566. The van der Waals surface area contributed by atoms with E-state index in [1.54, 1.807) is 0 Å². The van der Waals surface area contributed by atoms with Crippen molar-refractivity contribution in [3.05, 3.63) is 106 Å². The molecule has 160 valence electrons. The average Bonchev–Trinajstić information content (AvgIpc) is 2.89. The van der Waals surface area contributed by atoms with E-state index in [0.29, 0.717) is 5.75 Å². The maximum atomic E-state index is 13.2. The third kappa shape index (κ3) is 4.09. The molecule has 0 saturated heterocycles. The van der Waals surface area contributed by atoms with Crippen LogP contribution in [-0.2, 0) is 28.6 Å². The van der Waals surface area contributed by atoms with Crippen molar-refractivity contribution in [1.82, 2.24) is 0 Å². The number of rotatable bonds is 5. The number of carboxylic acids is 1. The van der Waals surface area contributed by atoms with Gasteiger partial charge < -0.3 is 5.11 Å². The van der Waals surface area contributed by atoms with Crippen LogP contribution in [0.3, 0.4) is 0 Å². The lowest BCUT2D eigenvalue weighted by Gasteiger charge is -2.37. The summed E-state index contributed by atoms with van der Waals surface area (Å²) >= 11 is 1.48. The van der Waals surface area contributed by atoms with Gasteiger partial charge in [-0.05, 0) is 52.8 Å². The number of thioether (sulfide) groups is 1. The van der Waals surface area contributed by atoms with Gasteiger partial charge in [-0.25, -0.2) is 0 Å². The fraction of sp³-hybridized carbons (Fsp3) is 0.240. The summed E-state index contributed by atoms with van der Waals surface area (Å²) in [6, 6.07) is 21.2. The van der Waals surface area contributed by atoms with Crippen molar-refractivity contribution in [2.45, 2.75) is 30.2 Å². The van der Waals surface area contributed by atoms with E-state index in [4.69, 9.17) is 0 Å². The number of hydrogen-bond acceptors (Lipinski definition) is 2. The van der Waals surface area contributed by atoms with Crippen LogP contribution in [0, 0.1) is 0 Å². The van der Waals surface area contributed by atoms with Gasteiger partial charge in [-0.1, -0.05) is 60.7 Å². The van der Waals surface area contributed by atoms with Gasteiger partial charge in [0.05, 0.1) is 16.7 Å². The van der Waals surface area contributed by atoms with Crippen molar-refractivity contribution in [3.8, 4) is 0 Å². The summed E-state index contributed by atoms with van der Waals surface area (Å²) < 4.78 is 38.9. The van der Waals surface area contributed by atoms with E-state index in [1.165, 1.54) is 23.9 Å². The van der Waals surface area contributed by atoms with Crippen LogP contribution in [0.4, 0.5) is 13.2 Å². The zero-order valence-electron chi connectivity index (χ0n) is 16.7. The molecule has 3 aromatic carbocycles. The summed E-state index contributed by atoms with van der Waals surface area (Å²) in [5.41, 5.74) is 4.29. The largest absolute Gasteiger partial charge is 0.481 e. The van der Waals surface area contributed by atoms with E-state index in [9.17, 15) is 23.1 Å². The molecule has 0 aromatic heterocycles. The van der Waals surface area contributed by atoms with Crippen LogP contribution in [0.1, 0.15) is 39.8 Å². The second kappa shape index (κ2) is 8.42. The Kier molecular flexibility index (Phi) is 5.84. The third-order valence-corrected chi connectivity index (χ3v) is 7.23. The normalized spacial score (nSPS) is 14.9. The number of halogens is 3. The van der Waals surface area contributed by atoms with E-state index in [1.807, 2.05) is 36.4 Å². The van der Waals surface area contributed by atoms with E-state index in [0.717, 1.165) is 52.8 Å². The molecule has 6 heteroatoms. The Morgan fingerprint density at radius 2 is 1.39 bits per heavy atom. The van der Waals surface area contributed by atoms with Crippen molar-refractivity contribution in [2.75, 3.05) is 5.75 Å². The lowest BCUT2D eigenvalue weighted by Crippen LogP contribution is -2.28. The van der Waals surface area contributed by atoms with Gasteiger partial charge in [0.2, 0.25) is 0 Å². The smallest absolute Gasteiger partial charge is 0.416 e. The number of aliphatic carboxylic acids is 1. The van der Waals surface area contributed by atoms with Crippen molar-refractivity contribution >= 4 is 17.7 Å². The Labute approximate surface area is 183 Å². The molecule has 1 aliphatic carbocycles. The van der Waals surface area contributed by atoms with E-state index in [-0.39, 0.29) is 6.42 Å². The van der Waals surface area contributed by atoms with E-state index < -0.39 is 22.5 Å². The fourth-order valence-corrected chi connectivity index (χ4v) is 5.91. The van der Waals surface area contributed by atoms with Gasteiger partial charge in [-0.15, -0.1) is 11.8 Å². The molecule has 0 fully saturated rings. The van der Waals surface area contributed by atoms with Crippen molar-refractivity contribution in [3.63, 3.8) is 0 Å². The molecule has 1 N–H and O–H groups in total. The number of aryl methyl sites for hydroxylation is 2. The summed E-state index contributed by atoms with van der Waals surface area (Å²) in [6.07, 6.45) is -2.82. The highest BCUT2D eigenvalue weighted by molar-refractivity contribution is 8.00. The van der Waals surface area contributed by atoms with Crippen molar-refractivity contribution in [2.24, 2.45) is 0 Å². The minimum absolute atomic E-state index is 0.0304. The number of fused-ring (bicyclic) bond motifs is 2. The van der Waals surface area contributed by atoms with Crippen LogP contribution < -0.4 is 0 Å². The van der Waals surface area contributed by atoms with Crippen LogP contribution in [0.25, 0.3) is 0 Å². The lowest BCUT2D eigenvalue weighted by molar-refractivity contribution is -0.138. The molecule has 1 aliphatic rings. The molecule has 0 amide bonds. The first kappa shape index (κ1) is 21.5. The number of alkyl halides is 3. The molecule has 0 radical (unpaired) electrons. The molecular formula is C25H21F3O2S. The van der Waals surface area contributed by atoms with Gasteiger partial charge >= 0.3 is 12.1 Å². The SMILES string of the molecule is O=C(O)CCSC1(c2ccc(C(F)(F)F)cc2)c2ccccc2CCc2ccccc21. The summed E-state index contributed by atoms with van der Waals surface area (Å²) in [5, 5.41) is 9.23. The molecule has 3 aromatic rings. The molecule has 0 saturated carbocycles. The Bertz CT molecular complexity index is 1040. The van der Waals surface area contributed by atoms with Crippen LogP contribution in [0.2, 0.25) is 0 Å².